The van der Waals surface area contributed by atoms with Gasteiger partial charge in [0.1, 0.15) is 0 Å². The van der Waals surface area contributed by atoms with Crippen LogP contribution in [0.3, 0.4) is 0 Å². The molecule has 1 aromatic carbocycles. The third-order valence-electron chi connectivity index (χ3n) is 5.60. The third kappa shape index (κ3) is 2.86. The van der Waals surface area contributed by atoms with E-state index in [2.05, 4.69) is 10.3 Å². The van der Waals surface area contributed by atoms with Crippen LogP contribution >= 0.6 is 0 Å². The van der Waals surface area contributed by atoms with Gasteiger partial charge in [0.15, 0.2) is 0 Å². The van der Waals surface area contributed by atoms with Gasteiger partial charge in [-0.05, 0) is 56.0 Å². The van der Waals surface area contributed by atoms with Crippen molar-refractivity contribution in [1.29, 1.82) is 0 Å². The van der Waals surface area contributed by atoms with Crippen LogP contribution in [0, 0.1) is 26.7 Å². The fraction of sp³-hybridized carbons (Fsp3) is 0.450. The highest BCUT2D eigenvalue weighted by atomic mass is 32.2. The molecule has 0 spiro atoms. The Balaban J connectivity index is 1.81. The molecule has 1 unspecified atom stereocenters. The van der Waals surface area contributed by atoms with Crippen molar-refractivity contribution in [3.63, 3.8) is 0 Å². The van der Waals surface area contributed by atoms with Crippen LogP contribution in [-0.4, -0.2) is 37.3 Å². The SMILES string of the molecule is Cc1cc(C)c(S(=O)(=O)N2Cc3cccnc3[C@@H]3CNCC3C2)c(C)c1. The highest BCUT2D eigenvalue weighted by molar-refractivity contribution is 7.89. The van der Waals surface area contributed by atoms with E-state index in [-0.39, 0.29) is 11.8 Å². The van der Waals surface area contributed by atoms with Crippen molar-refractivity contribution in [2.24, 2.45) is 5.92 Å². The standard InChI is InChI=1S/C20H25N3O2S/c1-13-7-14(2)20(15(3)8-13)26(24,25)23-11-16-5-4-6-22-19(16)18-10-21-9-17(18)12-23/h4-8,17-18,21H,9-12H2,1-3H3/t17?,18-/m1/s1. The normalized spacial score (nSPS) is 23.3. The number of aromatic nitrogens is 1. The summed E-state index contributed by atoms with van der Waals surface area (Å²) >= 11 is 0. The highest BCUT2D eigenvalue weighted by Gasteiger charge is 2.39. The number of pyridine rings is 1. The van der Waals surface area contributed by atoms with E-state index in [1.165, 1.54) is 0 Å². The average Bonchev–Trinajstić information content (AvgIpc) is 2.95. The molecule has 26 heavy (non-hydrogen) atoms. The number of fused-ring (bicyclic) bond motifs is 3. The molecule has 0 amide bonds. The number of benzene rings is 1. The summed E-state index contributed by atoms with van der Waals surface area (Å²) in [5, 5.41) is 3.41. The minimum atomic E-state index is -3.57. The summed E-state index contributed by atoms with van der Waals surface area (Å²) < 4.78 is 28.8. The third-order valence-corrected chi connectivity index (χ3v) is 7.72. The van der Waals surface area contributed by atoms with Crippen LogP contribution in [-0.2, 0) is 16.6 Å². The van der Waals surface area contributed by atoms with E-state index >= 15 is 0 Å². The molecule has 3 heterocycles. The number of hydrogen-bond acceptors (Lipinski definition) is 4. The largest absolute Gasteiger partial charge is 0.316 e. The fourth-order valence-electron chi connectivity index (χ4n) is 4.57. The van der Waals surface area contributed by atoms with Crippen molar-refractivity contribution < 1.29 is 8.42 Å². The minimum absolute atomic E-state index is 0.256. The average molecular weight is 372 g/mol. The van der Waals surface area contributed by atoms with Gasteiger partial charge in [-0.2, -0.15) is 4.31 Å². The van der Waals surface area contributed by atoms with Gasteiger partial charge >= 0.3 is 0 Å². The molecule has 5 nitrogen and oxygen atoms in total. The van der Waals surface area contributed by atoms with Gasteiger partial charge in [-0.25, -0.2) is 8.42 Å². The lowest BCUT2D eigenvalue weighted by atomic mass is 9.91. The summed E-state index contributed by atoms with van der Waals surface area (Å²) in [5.74, 6) is 0.540. The summed E-state index contributed by atoms with van der Waals surface area (Å²) in [6.07, 6.45) is 1.81. The van der Waals surface area contributed by atoms with Gasteiger partial charge in [0.2, 0.25) is 10.0 Å². The van der Waals surface area contributed by atoms with Gasteiger partial charge in [-0.1, -0.05) is 23.8 Å². The van der Waals surface area contributed by atoms with Crippen LogP contribution in [0.5, 0.6) is 0 Å². The zero-order chi connectivity index (χ0) is 18.5. The lowest BCUT2D eigenvalue weighted by Crippen LogP contribution is -2.35. The second-order valence-corrected chi connectivity index (χ2v) is 9.47. The number of aryl methyl sites for hydroxylation is 3. The Hall–Kier alpha value is -1.76. The first-order chi connectivity index (χ1) is 12.4. The number of nitrogens with one attached hydrogen (secondary N) is 1. The first-order valence-electron chi connectivity index (χ1n) is 9.10. The van der Waals surface area contributed by atoms with Crippen LogP contribution < -0.4 is 5.32 Å². The van der Waals surface area contributed by atoms with Crippen LogP contribution in [0.15, 0.2) is 35.4 Å². The van der Waals surface area contributed by atoms with Crippen molar-refractivity contribution >= 4 is 10.0 Å². The van der Waals surface area contributed by atoms with E-state index in [0.29, 0.717) is 18.0 Å². The smallest absolute Gasteiger partial charge is 0.243 e. The van der Waals surface area contributed by atoms with E-state index in [9.17, 15) is 8.42 Å². The first-order valence-corrected chi connectivity index (χ1v) is 10.5. The van der Waals surface area contributed by atoms with Crippen molar-refractivity contribution in [2.45, 2.75) is 38.1 Å². The maximum atomic E-state index is 13.6. The molecular weight excluding hydrogens is 346 g/mol. The predicted molar refractivity (Wildman–Crippen MR) is 102 cm³/mol. The molecule has 138 valence electrons. The molecule has 1 aromatic heterocycles. The van der Waals surface area contributed by atoms with E-state index in [1.54, 1.807) is 4.31 Å². The fourth-order valence-corrected chi connectivity index (χ4v) is 6.45. The molecular formula is C20H25N3O2S. The quantitative estimate of drug-likeness (QED) is 0.881. The highest BCUT2D eigenvalue weighted by Crippen LogP contribution is 2.36. The first kappa shape index (κ1) is 17.6. The molecule has 6 heteroatoms. The van der Waals surface area contributed by atoms with Crippen LogP contribution in [0.4, 0.5) is 0 Å². The Morgan fingerprint density at radius 2 is 1.88 bits per heavy atom. The summed E-state index contributed by atoms with van der Waals surface area (Å²) in [5.41, 5.74) is 4.80. The molecule has 0 bridgehead atoms. The van der Waals surface area contributed by atoms with E-state index < -0.39 is 10.0 Å². The topological polar surface area (TPSA) is 62.3 Å². The molecule has 2 aromatic rings. The molecule has 1 fully saturated rings. The molecule has 4 rings (SSSR count). The second-order valence-electron chi connectivity index (χ2n) is 7.60. The number of rotatable bonds is 2. The Labute approximate surface area is 155 Å². The van der Waals surface area contributed by atoms with Gasteiger partial charge < -0.3 is 5.32 Å². The maximum Gasteiger partial charge on any atom is 0.243 e. The van der Waals surface area contributed by atoms with Crippen LogP contribution in [0.1, 0.15) is 33.9 Å². The van der Waals surface area contributed by atoms with Gasteiger partial charge in [0.25, 0.3) is 0 Å². The Bertz CT molecular complexity index is 932. The van der Waals surface area contributed by atoms with Crippen molar-refractivity contribution in [3.8, 4) is 0 Å². The minimum Gasteiger partial charge on any atom is -0.316 e. The van der Waals surface area contributed by atoms with Crippen molar-refractivity contribution in [2.75, 3.05) is 19.6 Å². The summed E-state index contributed by atoms with van der Waals surface area (Å²) in [7, 11) is -3.57. The molecule has 2 atom stereocenters. The van der Waals surface area contributed by atoms with Crippen LogP contribution in [0.25, 0.3) is 0 Å². The summed E-state index contributed by atoms with van der Waals surface area (Å²) in [4.78, 5) is 5.05. The Morgan fingerprint density at radius 1 is 1.15 bits per heavy atom. The molecule has 0 saturated carbocycles. The van der Waals surface area contributed by atoms with Crippen molar-refractivity contribution in [3.05, 3.63) is 58.4 Å². The molecule has 1 N–H and O–H groups in total. The molecule has 1 saturated heterocycles. The summed E-state index contributed by atoms with van der Waals surface area (Å²) in [6, 6.07) is 7.81. The number of sulfonamides is 1. The van der Waals surface area contributed by atoms with Crippen molar-refractivity contribution in [1.82, 2.24) is 14.6 Å². The Kier molecular flexibility index (Phi) is 4.37. The van der Waals surface area contributed by atoms with Gasteiger partial charge in [0, 0.05) is 37.4 Å². The van der Waals surface area contributed by atoms with Gasteiger partial charge in [-0.15, -0.1) is 0 Å². The lowest BCUT2D eigenvalue weighted by molar-refractivity contribution is 0.349. The van der Waals surface area contributed by atoms with E-state index in [0.717, 1.165) is 41.0 Å². The molecule has 0 aliphatic carbocycles. The molecule has 2 aliphatic rings. The Morgan fingerprint density at radius 3 is 2.62 bits per heavy atom. The van der Waals surface area contributed by atoms with Gasteiger partial charge in [0.05, 0.1) is 4.90 Å². The number of nitrogens with zero attached hydrogens (tertiary/aromatic N) is 2. The maximum absolute atomic E-state index is 13.6. The lowest BCUT2D eigenvalue weighted by Gasteiger charge is -2.25. The van der Waals surface area contributed by atoms with E-state index in [4.69, 9.17) is 0 Å². The molecule has 2 aliphatic heterocycles. The second kappa shape index (κ2) is 6.44. The zero-order valence-electron chi connectivity index (χ0n) is 15.5. The van der Waals surface area contributed by atoms with Gasteiger partial charge in [-0.3, -0.25) is 4.98 Å². The van der Waals surface area contributed by atoms with Crippen LogP contribution in [0.2, 0.25) is 0 Å². The molecule has 0 radical (unpaired) electrons. The predicted octanol–water partition coefficient (Wildman–Crippen LogP) is 2.51. The zero-order valence-corrected chi connectivity index (χ0v) is 16.3. The summed E-state index contributed by atoms with van der Waals surface area (Å²) in [6.45, 7) is 8.40. The monoisotopic (exact) mass is 371 g/mol. The van der Waals surface area contributed by atoms with E-state index in [1.807, 2.05) is 51.2 Å². The number of hydrogen-bond donors (Lipinski definition) is 1.